The lowest BCUT2D eigenvalue weighted by Gasteiger charge is -2.16. The van der Waals surface area contributed by atoms with Crippen LogP contribution in [0.3, 0.4) is 0 Å². The second-order valence-corrected chi connectivity index (χ2v) is 5.32. The molecule has 1 aromatic carbocycles. The third-order valence-electron chi connectivity index (χ3n) is 3.63. The Kier molecular flexibility index (Phi) is 4.19. The van der Waals surface area contributed by atoms with E-state index in [-0.39, 0.29) is 0 Å². The smallest absolute Gasteiger partial charge is 0.0208 e. The zero-order chi connectivity index (χ0) is 12.3. The quantitative estimate of drug-likeness (QED) is 0.758. The Morgan fingerprint density at radius 3 is 2.71 bits per heavy atom. The van der Waals surface area contributed by atoms with Crippen LogP contribution in [0.2, 0.25) is 0 Å². The van der Waals surface area contributed by atoms with Gasteiger partial charge in [0.05, 0.1) is 0 Å². The lowest BCUT2D eigenvalue weighted by molar-refractivity contribution is 0.321. The molecule has 0 aliphatic heterocycles. The van der Waals surface area contributed by atoms with Gasteiger partial charge in [-0.05, 0) is 44.9 Å². The van der Waals surface area contributed by atoms with Crippen molar-refractivity contribution in [2.24, 2.45) is 0 Å². The molecule has 0 spiro atoms. The molecule has 1 aromatic rings. The van der Waals surface area contributed by atoms with E-state index < -0.39 is 0 Å². The van der Waals surface area contributed by atoms with Crippen LogP contribution in [0.1, 0.15) is 29.5 Å². The van der Waals surface area contributed by atoms with Gasteiger partial charge < -0.3 is 10.2 Å². The van der Waals surface area contributed by atoms with Crippen LogP contribution in [-0.2, 0) is 6.54 Å². The first-order valence-electron chi connectivity index (χ1n) is 6.64. The molecule has 0 radical (unpaired) electrons. The van der Waals surface area contributed by atoms with Crippen LogP contribution in [-0.4, -0.2) is 31.1 Å². The molecule has 94 valence electrons. The summed E-state index contributed by atoms with van der Waals surface area (Å²) in [6.07, 6.45) is 2.79. The Morgan fingerprint density at radius 2 is 2.06 bits per heavy atom. The molecule has 0 atom stereocenters. The van der Waals surface area contributed by atoms with Crippen molar-refractivity contribution in [3.05, 3.63) is 34.9 Å². The summed E-state index contributed by atoms with van der Waals surface area (Å²) in [5.74, 6) is 0. The van der Waals surface area contributed by atoms with Gasteiger partial charge in [0.15, 0.2) is 0 Å². The minimum Gasteiger partial charge on any atom is -0.311 e. The fraction of sp³-hybridized carbons (Fsp3) is 0.600. The largest absolute Gasteiger partial charge is 0.311 e. The van der Waals surface area contributed by atoms with E-state index in [9.17, 15) is 0 Å². The van der Waals surface area contributed by atoms with Crippen LogP contribution >= 0.6 is 0 Å². The minimum absolute atomic E-state index is 0.873. The Balaban J connectivity index is 1.70. The summed E-state index contributed by atoms with van der Waals surface area (Å²) in [4.78, 5) is 2.47. The second kappa shape index (κ2) is 5.65. The molecule has 1 aliphatic carbocycles. The summed E-state index contributed by atoms with van der Waals surface area (Å²) in [7, 11) is 2.23. The molecule has 1 saturated carbocycles. The number of nitrogens with zero attached hydrogens (tertiary/aromatic N) is 1. The third-order valence-corrected chi connectivity index (χ3v) is 3.63. The Hall–Kier alpha value is -0.860. The average molecular weight is 232 g/mol. The van der Waals surface area contributed by atoms with E-state index in [2.05, 4.69) is 49.3 Å². The topological polar surface area (TPSA) is 15.3 Å². The number of benzene rings is 1. The number of likely N-dealkylation sites (N-methyl/N-ethyl adjacent to an activating group) is 1. The summed E-state index contributed by atoms with van der Waals surface area (Å²) in [6, 6.07) is 7.56. The van der Waals surface area contributed by atoms with Crippen molar-refractivity contribution in [3.63, 3.8) is 0 Å². The molecule has 2 nitrogen and oxygen atoms in total. The first kappa shape index (κ1) is 12.6. The van der Waals surface area contributed by atoms with Crippen LogP contribution in [0, 0.1) is 13.8 Å². The molecular weight excluding hydrogens is 208 g/mol. The lowest BCUT2D eigenvalue weighted by atomic mass is 10.1. The summed E-state index contributed by atoms with van der Waals surface area (Å²) in [5.41, 5.74) is 4.16. The molecule has 0 aromatic heterocycles. The molecule has 1 N–H and O–H groups in total. The molecule has 0 unspecified atom stereocenters. The summed E-state index contributed by atoms with van der Waals surface area (Å²) >= 11 is 0. The van der Waals surface area contributed by atoms with E-state index in [1.165, 1.54) is 29.5 Å². The molecule has 17 heavy (non-hydrogen) atoms. The molecule has 0 saturated heterocycles. The molecule has 2 heteroatoms. The van der Waals surface area contributed by atoms with Crippen LogP contribution in [0.15, 0.2) is 18.2 Å². The van der Waals surface area contributed by atoms with Crippen molar-refractivity contribution in [1.29, 1.82) is 0 Å². The first-order valence-corrected chi connectivity index (χ1v) is 6.64. The Morgan fingerprint density at radius 1 is 1.29 bits per heavy atom. The molecule has 1 aliphatic rings. The van der Waals surface area contributed by atoms with Gasteiger partial charge >= 0.3 is 0 Å². The van der Waals surface area contributed by atoms with Gasteiger partial charge in [0, 0.05) is 25.7 Å². The highest BCUT2D eigenvalue weighted by Crippen LogP contribution is 2.24. The van der Waals surface area contributed by atoms with Crippen LogP contribution in [0.4, 0.5) is 0 Å². The molecule has 0 bridgehead atoms. The van der Waals surface area contributed by atoms with Crippen molar-refractivity contribution >= 4 is 0 Å². The summed E-state index contributed by atoms with van der Waals surface area (Å²) in [6.45, 7) is 7.58. The SMILES string of the molecule is Cc1ccc(CNCCN(C)C2CC2)c(C)c1. The van der Waals surface area contributed by atoms with E-state index in [0.717, 1.165) is 25.7 Å². The highest BCUT2D eigenvalue weighted by Gasteiger charge is 2.25. The van der Waals surface area contributed by atoms with Crippen LogP contribution in [0.25, 0.3) is 0 Å². The van der Waals surface area contributed by atoms with Gasteiger partial charge in [-0.3, -0.25) is 0 Å². The standard InChI is InChI=1S/C15H24N2/c1-12-4-5-14(13(2)10-12)11-16-8-9-17(3)15-6-7-15/h4-5,10,15-16H,6-9,11H2,1-3H3. The van der Waals surface area contributed by atoms with Crippen molar-refractivity contribution in [3.8, 4) is 0 Å². The second-order valence-electron chi connectivity index (χ2n) is 5.32. The van der Waals surface area contributed by atoms with Crippen molar-refractivity contribution in [2.45, 2.75) is 39.3 Å². The molecule has 1 fully saturated rings. The Labute approximate surface area is 105 Å². The monoisotopic (exact) mass is 232 g/mol. The van der Waals surface area contributed by atoms with Gasteiger partial charge in [0.25, 0.3) is 0 Å². The van der Waals surface area contributed by atoms with E-state index in [1.807, 2.05) is 0 Å². The number of rotatable bonds is 6. The fourth-order valence-electron chi connectivity index (χ4n) is 2.22. The van der Waals surface area contributed by atoms with E-state index in [4.69, 9.17) is 0 Å². The maximum Gasteiger partial charge on any atom is 0.0208 e. The average Bonchev–Trinajstić information content (AvgIpc) is 3.10. The van der Waals surface area contributed by atoms with Gasteiger partial charge in [-0.25, -0.2) is 0 Å². The number of nitrogens with one attached hydrogen (secondary N) is 1. The van der Waals surface area contributed by atoms with E-state index >= 15 is 0 Å². The van der Waals surface area contributed by atoms with Gasteiger partial charge in [0.1, 0.15) is 0 Å². The summed E-state index contributed by atoms with van der Waals surface area (Å²) in [5, 5.41) is 3.53. The van der Waals surface area contributed by atoms with Crippen molar-refractivity contribution in [1.82, 2.24) is 10.2 Å². The van der Waals surface area contributed by atoms with Crippen molar-refractivity contribution < 1.29 is 0 Å². The maximum absolute atomic E-state index is 3.53. The van der Waals surface area contributed by atoms with Crippen molar-refractivity contribution in [2.75, 3.05) is 20.1 Å². The highest BCUT2D eigenvalue weighted by atomic mass is 15.2. The minimum atomic E-state index is 0.873. The maximum atomic E-state index is 3.53. The number of aryl methyl sites for hydroxylation is 2. The third kappa shape index (κ3) is 3.83. The molecule has 0 amide bonds. The zero-order valence-corrected chi connectivity index (χ0v) is 11.3. The lowest BCUT2D eigenvalue weighted by Crippen LogP contribution is -2.30. The summed E-state index contributed by atoms with van der Waals surface area (Å²) < 4.78 is 0. The predicted molar refractivity (Wildman–Crippen MR) is 73.3 cm³/mol. The fourth-order valence-corrected chi connectivity index (χ4v) is 2.22. The first-order chi connectivity index (χ1) is 8.16. The van der Waals surface area contributed by atoms with E-state index in [1.54, 1.807) is 0 Å². The Bertz CT molecular complexity index is 369. The zero-order valence-electron chi connectivity index (χ0n) is 11.3. The number of hydrogen-bond donors (Lipinski definition) is 1. The van der Waals surface area contributed by atoms with Gasteiger partial charge in [-0.1, -0.05) is 23.8 Å². The molecular formula is C15H24N2. The highest BCUT2D eigenvalue weighted by molar-refractivity contribution is 5.30. The van der Waals surface area contributed by atoms with Gasteiger partial charge in [-0.2, -0.15) is 0 Å². The molecule has 0 heterocycles. The van der Waals surface area contributed by atoms with Crippen LogP contribution in [0.5, 0.6) is 0 Å². The normalized spacial score (nSPS) is 15.5. The number of hydrogen-bond acceptors (Lipinski definition) is 2. The van der Waals surface area contributed by atoms with Gasteiger partial charge in [0.2, 0.25) is 0 Å². The van der Waals surface area contributed by atoms with E-state index in [0.29, 0.717) is 0 Å². The van der Waals surface area contributed by atoms with Gasteiger partial charge in [-0.15, -0.1) is 0 Å². The van der Waals surface area contributed by atoms with Crippen LogP contribution < -0.4 is 5.32 Å². The molecule has 2 rings (SSSR count). The predicted octanol–water partition coefficient (Wildman–Crippen LogP) is 2.49.